The minimum Gasteiger partial charge on any atom is -0.360 e. The molecule has 0 saturated carbocycles. The van der Waals surface area contributed by atoms with Gasteiger partial charge in [-0.3, -0.25) is 9.78 Å². The number of likely N-dealkylation sites (tertiary alicyclic amines) is 1. The SMILES string of the molecule is O=C(c1noc2c1CCCC2)N1CCCC(c2ccncc2)C1. The Labute approximate surface area is 135 Å². The average Bonchev–Trinajstić information content (AvgIpc) is 3.06. The Hall–Kier alpha value is -2.17. The summed E-state index contributed by atoms with van der Waals surface area (Å²) in [5.41, 5.74) is 2.86. The largest absolute Gasteiger partial charge is 0.360 e. The Kier molecular flexibility index (Phi) is 3.85. The molecule has 4 rings (SSSR count). The number of carbonyl (C=O) groups is 1. The summed E-state index contributed by atoms with van der Waals surface area (Å²) in [5, 5.41) is 4.09. The highest BCUT2D eigenvalue weighted by Crippen LogP contribution is 2.29. The van der Waals surface area contributed by atoms with Crippen LogP contribution in [0.5, 0.6) is 0 Å². The first-order valence-corrected chi connectivity index (χ1v) is 8.49. The summed E-state index contributed by atoms with van der Waals surface area (Å²) in [4.78, 5) is 18.9. The van der Waals surface area contributed by atoms with E-state index < -0.39 is 0 Å². The van der Waals surface area contributed by atoms with E-state index in [0.717, 1.165) is 62.9 Å². The Morgan fingerprint density at radius 1 is 1.17 bits per heavy atom. The van der Waals surface area contributed by atoms with Gasteiger partial charge in [0.05, 0.1) is 0 Å². The molecule has 0 aromatic carbocycles. The number of hydrogen-bond donors (Lipinski definition) is 0. The lowest BCUT2D eigenvalue weighted by atomic mass is 9.90. The van der Waals surface area contributed by atoms with Crippen LogP contribution in [0.4, 0.5) is 0 Å². The van der Waals surface area contributed by atoms with Crippen LogP contribution in [0.1, 0.15) is 59.0 Å². The third kappa shape index (κ3) is 2.76. The predicted octanol–water partition coefficient (Wildman–Crippen LogP) is 2.97. The van der Waals surface area contributed by atoms with E-state index in [-0.39, 0.29) is 5.91 Å². The van der Waals surface area contributed by atoms with Crippen molar-refractivity contribution in [2.45, 2.75) is 44.4 Å². The summed E-state index contributed by atoms with van der Waals surface area (Å²) < 4.78 is 5.40. The normalized spacial score (nSPS) is 21.0. The maximum atomic E-state index is 12.9. The van der Waals surface area contributed by atoms with E-state index in [1.54, 1.807) is 0 Å². The van der Waals surface area contributed by atoms with Crippen molar-refractivity contribution in [3.05, 3.63) is 47.1 Å². The van der Waals surface area contributed by atoms with Gasteiger partial charge < -0.3 is 9.42 Å². The van der Waals surface area contributed by atoms with Crippen molar-refractivity contribution in [1.82, 2.24) is 15.0 Å². The highest BCUT2D eigenvalue weighted by atomic mass is 16.5. The number of piperidine rings is 1. The van der Waals surface area contributed by atoms with Gasteiger partial charge in [-0.05, 0) is 49.8 Å². The molecule has 0 spiro atoms. The molecule has 1 saturated heterocycles. The van der Waals surface area contributed by atoms with Crippen LogP contribution in [0.2, 0.25) is 0 Å². The van der Waals surface area contributed by atoms with Crippen LogP contribution in [0.15, 0.2) is 29.0 Å². The number of amides is 1. The van der Waals surface area contributed by atoms with E-state index in [2.05, 4.69) is 22.3 Å². The number of aromatic nitrogens is 2. The lowest BCUT2D eigenvalue weighted by Crippen LogP contribution is -2.39. The van der Waals surface area contributed by atoms with Crippen LogP contribution in [-0.4, -0.2) is 34.0 Å². The molecule has 23 heavy (non-hydrogen) atoms. The minimum absolute atomic E-state index is 0.0376. The summed E-state index contributed by atoms with van der Waals surface area (Å²) in [5.74, 6) is 1.34. The van der Waals surface area contributed by atoms with Gasteiger partial charge in [-0.25, -0.2) is 0 Å². The molecule has 1 fully saturated rings. The van der Waals surface area contributed by atoms with Crippen LogP contribution < -0.4 is 0 Å². The van der Waals surface area contributed by atoms with Crippen LogP contribution in [0.3, 0.4) is 0 Å². The lowest BCUT2D eigenvalue weighted by molar-refractivity contribution is 0.0695. The van der Waals surface area contributed by atoms with Gasteiger partial charge in [-0.1, -0.05) is 5.16 Å². The van der Waals surface area contributed by atoms with Gasteiger partial charge in [0.25, 0.3) is 5.91 Å². The Morgan fingerprint density at radius 3 is 2.87 bits per heavy atom. The van der Waals surface area contributed by atoms with Crippen molar-refractivity contribution in [2.24, 2.45) is 0 Å². The molecule has 0 radical (unpaired) electrons. The summed E-state index contributed by atoms with van der Waals surface area (Å²) in [6.45, 7) is 1.56. The molecule has 1 atom stereocenters. The van der Waals surface area contributed by atoms with E-state index in [1.165, 1.54) is 5.56 Å². The first kappa shape index (κ1) is 14.4. The molecule has 1 amide bonds. The quantitative estimate of drug-likeness (QED) is 0.855. The Balaban J connectivity index is 1.53. The zero-order valence-corrected chi connectivity index (χ0v) is 13.2. The minimum atomic E-state index is 0.0376. The predicted molar refractivity (Wildman–Crippen MR) is 85.3 cm³/mol. The van der Waals surface area contributed by atoms with E-state index in [4.69, 9.17) is 4.52 Å². The van der Waals surface area contributed by atoms with Gasteiger partial charge in [0.1, 0.15) is 5.76 Å². The smallest absolute Gasteiger partial charge is 0.276 e. The molecular formula is C18H21N3O2. The van der Waals surface area contributed by atoms with Crippen molar-refractivity contribution in [3.8, 4) is 0 Å². The van der Waals surface area contributed by atoms with Gasteiger partial charge in [0.2, 0.25) is 0 Å². The number of hydrogen-bond acceptors (Lipinski definition) is 4. The third-order valence-corrected chi connectivity index (χ3v) is 5.04. The van der Waals surface area contributed by atoms with Crippen molar-refractivity contribution >= 4 is 5.91 Å². The summed E-state index contributed by atoms with van der Waals surface area (Å²) in [7, 11) is 0. The summed E-state index contributed by atoms with van der Waals surface area (Å²) >= 11 is 0. The van der Waals surface area contributed by atoms with Crippen LogP contribution in [-0.2, 0) is 12.8 Å². The highest BCUT2D eigenvalue weighted by molar-refractivity contribution is 5.94. The first-order valence-electron chi connectivity index (χ1n) is 8.49. The van der Waals surface area contributed by atoms with Crippen LogP contribution in [0, 0.1) is 0 Å². The zero-order chi connectivity index (χ0) is 15.6. The second-order valence-electron chi connectivity index (χ2n) is 6.51. The second-order valence-corrected chi connectivity index (χ2v) is 6.51. The highest BCUT2D eigenvalue weighted by Gasteiger charge is 2.30. The van der Waals surface area contributed by atoms with Gasteiger partial charge in [0, 0.05) is 43.4 Å². The maximum absolute atomic E-state index is 12.9. The number of carbonyl (C=O) groups excluding carboxylic acids is 1. The zero-order valence-electron chi connectivity index (χ0n) is 13.2. The van der Waals surface area contributed by atoms with Gasteiger partial charge in [0.15, 0.2) is 5.69 Å². The maximum Gasteiger partial charge on any atom is 0.276 e. The number of fused-ring (bicyclic) bond motifs is 1. The molecule has 3 heterocycles. The number of aryl methyl sites for hydroxylation is 1. The second kappa shape index (κ2) is 6.14. The molecule has 5 nitrogen and oxygen atoms in total. The van der Waals surface area contributed by atoms with Gasteiger partial charge >= 0.3 is 0 Å². The van der Waals surface area contributed by atoms with Crippen LogP contribution >= 0.6 is 0 Å². The van der Waals surface area contributed by atoms with Crippen molar-refractivity contribution in [1.29, 1.82) is 0 Å². The molecule has 1 unspecified atom stereocenters. The molecule has 1 aliphatic heterocycles. The molecule has 1 aliphatic carbocycles. The van der Waals surface area contributed by atoms with E-state index in [9.17, 15) is 4.79 Å². The van der Waals surface area contributed by atoms with Crippen molar-refractivity contribution in [3.63, 3.8) is 0 Å². The van der Waals surface area contributed by atoms with Crippen molar-refractivity contribution in [2.75, 3.05) is 13.1 Å². The summed E-state index contributed by atoms with van der Waals surface area (Å²) in [6, 6.07) is 4.10. The standard InChI is InChI=1S/C18H21N3O2/c22-18(17-15-5-1-2-6-16(15)23-20-17)21-11-3-4-14(12-21)13-7-9-19-10-8-13/h7-10,14H,1-6,11-12H2. The Morgan fingerprint density at radius 2 is 2.00 bits per heavy atom. The molecule has 2 aromatic heterocycles. The third-order valence-electron chi connectivity index (χ3n) is 5.04. The van der Waals surface area contributed by atoms with E-state index in [0.29, 0.717) is 11.6 Å². The van der Waals surface area contributed by atoms with E-state index >= 15 is 0 Å². The molecule has 0 N–H and O–H groups in total. The fourth-order valence-corrected chi connectivity index (χ4v) is 3.77. The molecule has 0 bridgehead atoms. The fraction of sp³-hybridized carbons (Fsp3) is 0.500. The monoisotopic (exact) mass is 311 g/mol. The average molecular weight is 311 g/mol. The molecule has 2 aliphatic rings. The van der Waals surface area contributed by atoms with Crippen LogP contribution in [0.25, 0.3) is 0 Å². The molecule has 120 valence electrons. The summed E-state index contributed by atoms with van der Waals surface area (Å²) in [6.07, 6.45) is 9.87. The number of nitrogens with zero attached hydrogens (tertiary/aromatic N) is 3. The molecular weight excluding hydrogens is 290 g/mol. The molecule has 2 aromatic rings. The van der Waals surface area contributed by atoms with Gasteiger partial charge in [-0.2, -0.15) is 0 Å². The molecule has 5 heteroatoms. The van der Waals surface area contributed by atoms with Crippen molar-refractivity contribution < 1.29 is 9.32 Å². The number of pyridine rings is 1. The van der Waals surface area contributed by atoms with E-state index in [1.807, 2.05) is 17.3 Å². The topological polar surface area (TPSA) is 59.2 Å². The Bertz CT molecular complexity index is 696. The van der Waals surface area contributed by atoms with Gasteiger partial charge in [-0.15, -0.1) is 0 Å². The lowest BCUT2D eigenvalue weighted by Gasteiger charge is -2.32. The fourth-order valence-electron chi connectivity index (χ4n) is 3.77. The number of rotatable bonds is 2. The first-order chi connectivity index (χ1) is 11.3.